The van der Waals surface area contributed by atoms with E-state index in [1.807, 2.05) is 36.9 Å². The molecule has 2 saturated heterocycles. The number of carbonyl (C=O) groups is 1. The van der Waals surface area contributed by atoms with E-state index in [1.165, 1.54) is 5.56 Å². The smallest absolute Gasteiger partial charge is 0.236 e. The van der Waals surface area contributed by atoms with Crippen molar-refractivity contribution < 1.29 is 9.53 Å². The molecule has 2 aliphatic rings. The second-order valence-electron chi connectivity index (χ2n) is 6.93. The van der Waals surface area contributed by atoms with Gasteiger partial charge in [-0.25, -0.2) is 0 Å². The van der Waals surface area contributed by atoms with Gasteiger partial charge in [-0.15, -0.1) is 12.4 Å². The van der Waals surface area contributed by atoms with Gasteiger partial charge in [-0.3, -0.25) is 9.69 Å². The molecular weight excluding hydrogens is 326 g/mol. The molecule has 0 spiro atoms. The quantitative estimate of drug-likeness (QED) is 0.894. The first kappa shape index (κ1) is 19.2. The second-order valence-corrected chi connectivity index (χ2v) is 6.93. The van der Waals surface area contributed by atoms with E-state index in [0.29, 0.717) is 25.6 Å². The lowest BCUT2D eigenvalue weighted by atomic mass is 9.95. The zero-order valence-corrected chi connectivity index (χ0v) is 15.2. The summed E-state index contributed by atoms with van der Waals surface area (Å²) in [6, 6.07) is 10.5. The summed E-state index contributed by atoms with van der Waals surface area (Å²) >= 11 is 0. The molecule has 4 atom stereocenters. The highest BCUT2D eigenvalue weighted by molar-refractivity contribution is 5.85. The first-order valence-corrected chi connectivity index (χ1v) is 8.49. The molecule has 1 amide bonds. The minimum Gasteiger partial charge on any atom is -0.372 e. The van der Waals surface area contributed by atoms with Crippen LogP contribution in [0.3, 0.4) is 0 Å². The van der Waals surface area contributed by atoms with Gasteiger partial charge in [0.15, 0.2) is 0 Å². The van der Waals surface area contributed by atoms with Crippen LogP contribution in [0.4, 0.5) is 0 Å². The van der Waals surface area contributed by atoms with Crippen molar-refractivity contribution in [3.05, 3.63) is 35.9 Å². The molecule has 2 aliphatic heterocycles. The number of nitrogens with zero attached hydrogens (tertiary/aromatic N) is 2. The highest BCUT2D eigenvalue weighted by Gasteiger charge is 2.34. The van der Waals surface area contributed by atoms with Crippen molar-refractivity contribution in [1.82, 2.24) is 9.80 Å². The van der Waals surface area contributed by atoms with E-state index in [4.69, 9.17) is 10.5 Å². The molecule has 3 rings (SSSR count). The number of carbonyl (C=O) groups excluding carboxylic acids is 1. The van der Waals surface area contributed by atoms with Gasteiger partial charge in [0.2, 0.25) is 5.91 Å². The van der Waals surface area contributed by atoms with Crippen LogP contribution in [0.25, 0.3) is 0 Å². The normalized spacial score (nSPS) is 30.9. The third kappa shape index (κ3) is 4.48. The molecule has 0 radical (unpaired) electrons. The summed E-state index contributed by atoms with van der Waals surface area (Å²) in [5, 5.41) is 0. The van der Waals surface area contributed by atoms with Gasteiger partial charge in [0.05, 0.1) is 18.8 Å². The summed E-state index contributed by atoms with van der Waals surface area (Å²) < 4.78 is 5.70. The fourth-order valence-electron chi connectivity index (χ4n) is 3.77. The zero-order chi connectivity index (χ0) is 16.4. The molecule has 2 fully saturated rings. The molecule has 0 bridgehead atoms. The summed E-state index contributed by atoms with van der Waals surface area (Å²) in [5.74, 6) is 0.499. The van der Waals surface area contributed by atoms with Gasteiger partial charge < -0.3 is 15.4 Å². The standard InChI is InChI=1S/C18H27N3O2.ClH/c1-13-8-21(9-14(2)23-13)18(22)12-20-10-16(17(19)11-20)15-6-4-3-5-7-15;/h3-7,13-14,16-17H,8-12,19H2,1-2H3;1H/t13?,14?,16-,17+;/m0./s1. The average molecular weight is 354 g/mol. The number of benzene rings is 1. The Morgan fingerprint density at radius 2 is 1.75 bits per heavy atom. The van der Waals surface area contributed by atoms with Gasteiger partial charge in [-0.1, -0.05) is 30.3 Å². The van der Waals surface area contributed by atoms with Gasteiger partial charge >= 0.3 is 0 Å². The maximum absolute atomic E-state index is 12.6. The molecule has 2 unspecified atom stereocenters. The highest BCUT2D eigenvalue weighted by Crippen LogP contribution is 2.26. The molecule has 5 nitrogen and oxygen atoms in total. The first-order valence-electron chi connectivity index (χ1n) is 8.49. The van der Waals surface area contributed by atoms with E-state index < -0.39 is 0 Å². The number of rotatable bonds is 3. The molecule has 2 heterocycles. The summed E-state index contributed by atoms with van der Waals surface area (Å²) in [7, 11) is 0. The Labute approximate surface area is 150 Å². The van der Waals surface area contributed by atoms with E-state index in [-0.39, 0.29) is 36.6 Å². The van der Waals surface area contributed by atoms with E-state index in [1.54, 1.807) is 0 Å². The molecule has 2 N–H and O–H groups in total. The van der Waals surface area contributed by atoms with Crippen LogP contribution in [0.15, 0.2) is 30.3 Å². The van der Waals surface area contributed by atoms with E-state index in [2.05, 4.69) is 17.0 Å². The summed E-state index contributed by atoms with van der Waals surface area (Å²) in [6.07, 6.45) is 0.223. The number of amides is 1. The van der Waals surface area contributed by atoms with Crippen LogP contribution >= 0.6 is 12.4 Å². The van der Waals surface area contributed by atoms with Gasteiger partial charge in [0.25, 0.3) is 0 Å². The molecule has 134 valence electrons. The van der Waals surface area contributed by atoms with Crippen molar-refractivity contribution in [3.8, 4) is 0 Å². The van der Waals surface area contributed by atoms with Crippen LogP contribution in [-0.2, 0) is 9.53 Å². The number of ether oxygens (including phenoxy) is 1. The molecule has 1 aromatic carbocycles. The van der Waals surface area contributed by atoms with Crippen molar-refractivity contribution >= 4 is 18.3 Å². The average Bonchev–Trinajstić information content (AvgIpc) is 2.87. The highest BCUT2D eigenvalue weighted by atomic mass is 35.5. The topological polar surface area (TPSA) is 58.8 Å². The molecule has 24 heavy (non-hydrogen) atoms. The summed E-state index contributed by atoms with van der Waals surface area (Å²) in [6.45, 7) is 7.50. The fraction of sp³-hybridized carbons (Fsp3) is 0.611. The van der Waals surface area contributed by atoms with E-state index in [9.17, 15) is 4.79 Å². The van der Waals surface area contributed by atoms with Crippen molar-refractivity contribution in [3.63, 3.8) is 0 Å². The van der Waals surface area contributed by atoms with Gasteiger partial charge in [-0.2, -0.15) is 0 Å². The minimum atomic E-state index is 0. The number of morpholine rings is 1. The van der Waals surface area contributed by atoms with E-state index in [0.717, 1.165) is 13.1 Å². The second kappa shape index (κ2) is 8.30. The lowest BCUT2D eigenvalue weighted by Gasteiger charge is -2.36. The Morgan fingerprint density at radius 3 is 2.38 bits per heavy atom. The Balaban J connectivity index is 0.00000208. The Morgan fingerprint density at radius 1 is 1.12 bits per heavy atom. The molecule has 0 aromatic heterocycles. The number of hydrogen-bond donors (Lipinski definition) is 1. The number of halogens is 1. The maximum Gasteiger partial charge on any atom is 0.236 e. The van der Waals surface area contributed by atoms with Crippen LogP contribution in [0.1, 0.15) is 25.3 Å². The van der Waals surface area contributed by atoms with Crippen LogP contribution < -0.4 is 5.73 Å². The van der Waals surface area contributed by atoms with Crippen molar-refractivity contribution in [2.75, 3.05) is 32.7 Å². The SMILES string of the molecule is CC1CN(C(=O)CN2C[C@@H](N)[C@H](c3ccccc3)C2)CC(C)O1.Cl. The lowest BCUT2D eigenvalue weighted by Crippen LogP contribution is -2.51. The Hall–Kier alpha value is -1.14. The van der Waals surface area contributed by atoms with Crippen LogP contribution in [0.5, 0.6) is 0 Å². The van der Waals surface area contributed by atoms with Gasteiger partial charge in [-0.05, 0) is 19.4 Å². The molecule has 6 heteroatoms. The van der Waals surface area contributed by atoms with Crippen molar-refractivity contribution in [2.24, 2.45) is 5.73 Å². The fourth-order valence-corrected chi connectivity index (χ4v) is 3.77. The predicted octanol–water partition coefficient (Wildman–Crippen LogP) is 1.47. The van der Waals surface area contributed by atoms with Crippen molar-refractivity contribution in [2.45, 2.75) is 38.0 Å². The maximum atomic E-state index is 12.6. The Bertz CT molecular complexity index is 532. The summed E-state index contributed by atoms with van der Waals surface area (Å²) in [4.78, 5) is 16.7. The minimum absolute atomic E-state index is 0. The zero-order valence-electron chi connectivity index (χ0n) is 14.4. The molecule has 0 aliphatic carbocycles. The molecule has 0 saturated carbocycles. The third-order valence-electron chi connectivity index (χ3n) is 4.80. The summed E-state index contributed by atoms with van der Waals surface area (Å²) in [5.41, 5.74) is 7.58. The van der Waals surface area contributed by atoms with Gasteiger partial charge in [0.1, 0.15) is 0 Å². The van der Waals surface area contributed by atoms with Crippen LogP contribution in [0.2, 0.25) is 0 Å². The first-order chi connectivity index (χ1) is 11.0. The molecule has 1 aromatic rings. The monoisotopic (exact) mass is 353 g/mol. The molecular formula is C18H28ClN3O2. The third-order valence-corrected chi connectivity index (χ3v) is 4.80. The lowest BCUT2D eigenvalue weighted by molar-refractivity contribution is -0.144. The van der Waals surface area contributed by atoms with Crippen LogP contribution in [-0.4, -0.2) is 66.7 Å². The van der Waals surface area contributed by atoms with Gasteiger partial charge in [0, 0.05) is 38.1 Å². The predicted molar refractivity (Wildman–Crippen MR) is 97.4 cm³/mol. The number of nitrogens with two attached hydrogens (primary N) is 1. The Kier molecular flexibility index (Phi) is 6.63. The van der Waals surface area contributed by atoms with E-state index >= 15 is 0 Å². The number of likely N-dealkylation sites (tertiary alicyclic amines) is 1. The largest absolute Gasteiger partial charge is 0.372 e. The number of hydrogen-bond acceptors (Lipinski definition) is 4. The van der Waals surface area contributed by atoms with Crippen LogP contribution in [0, 0.1) is 0 Å². The van der Waals surface area contributed by atoms with Crippen molar-refractivity contribution in [1.29, 1.82) is 0 Å².